The van der Waals surface area contributed by atoms with Crippen LogP contribution in [0.3, 0.4) is 0 Å². The topological polar surface area (TPSA) is 21.3 Å². The average Bonchev–Trinajstić information content (AvgIpc) is 2.26. The minimum absolute atomic E-state index is 0.0838. The Balaban J connectivity index is 2.77. The van der Waals surface area contributed by atoms with Gasteiger partial charge >= 0.3 is 0 Å². The number of ether oxygens (including phenoxy) is 1. The molecule has 0 aliphatic rings. The quantitative estimate of drug-likeness (QED) is 0.827. The lowest BCUT2D eigenvalue weighted by Crippen LogP contribution is -2.26. The van der Waals surface area contributed by atoms with Crippen LogP contribution in [0.1, 0.15) is 32.4 Å². The predicted octanol–water partition coefficient (Wildman–Crippen LogP) is 3.39. The van der Waals surface area contributed by atoms with Crippen LogP contribution in [0.2, 0.25) is 0 Å². The lowest BCUT2D eigenvalue weighted by atomic mass is 10.1. The number of hydrogen-bond donors (Lipinski definition) is 1. The van der Waals surface area contributed by atoms with Gasteiger partial charge in [0.25, 0.3) is 6.43 Å². The smallest absolute Gasteiger partial charge is 0.257 e. The summed E-state index contributed by atoms with van der Waals surface area (Å²) in [4.78, 5) is 0. The van der Waals surface area contributed by atoms with Crippen molar-refractivity contribution in [3.8, 4) is 5.75 Å². The maximum Gasteiger partial charge on any atom is 0.257 e. The predicted molar refractivity (Wildman–Crippen MR) is 64.6 cm³/mol. The summed E-state index contributed by atoms with van der Waals surface area (Å²) in [6.07, 6.45) is -2.33. The summed E-state index contributed by atoms with van der Waals surface area (Å²) in [5.41, 5.74) is 0.581. The maximum atomic E-state index is 12.8. The molecule has 0 aliphatic carbocycles. The zero-order valence-corrected chi connectivity index (χ0v) is 10.4. The van der Waals surface area contributed by atoms with Crippen molar-refractivity contribution in [3.63, 3.8) is 0 Å². The third-order valence-electron chi connectivity index (χ3n) is 2.29. The molecule has 0 spiro atoms. The normalized spacial score (nSPS) is 13.1. The number of benzene rings is 1. The highest BCUT2D eigenvalue weighted by Gasteiger charge is 2.20. The highest BCUT2D eigenvalue weighted by molar-refractivity contribution is 5.29. The summed E-state index contributed by atoms with van der Waals surface area (Å²) in [7, 11) is 0. The van der Waals surface area contributed by atoms with Gasteiger partial charge in [0.1, 0.15) is 5.75 Å². The highest BCUT2D eigenvalue weighted by Crippen LogP contribution is 2.23. The molecule has 2 nitrogen and oxygen atoms in total. The molecule has 17 heavy (non-hydrogen) atoms. The van der Waals surface area contributed by atoms with Crippen LogP contribution in [0.25, 0.3) is 0 Å². The largest absolute Gasteiger partial charge is 0.491 e. The molecule has 0 aliphatic heterocycles. The van der Waals surface area contributed by atoms with Gasteiger partial charge in [0, 0.05) is 0 Å². The molecule has 1 N–H and O–H groups in total. The first-order valence-corrected chi connectivity index (χ1v) is 5.82. The van der Waals surface area contributed by atoms with Crippen LogP contribution in [0.15, 0.2) is 24.3 Å². The summed E-state index contributed by atoms with van der Waals surface area (Å²) >= 11 is 0. The first-order chi connectivity index (χ1) is 8.04. The number of hydrogen-bond acceptors (Lipinski definition) is 2. The van der Waals surface area contributed by atoms with E-state index in [9.17, 15) is 8.78 Å². The van der Waals surface area contributed by atoms with E-state index in [1.807, 2.05) is 20.8 Å². The van der Waals surface area contributed by atoms with Crippen LogP contribution in [0.5, 0.6) is 5.75 Å². The van der Waals surface area contributed by atoms with E-state index in [-0.39, 0.29) is 6.10 Å². The summed E-state index contributed by atoms with van der Waals surface area (Å²) < 4.78 is 31.0. The number of nitrogens with one attached hydrogen (secondary N) is 1. The molecule has 96 valence electrons. The van der Waals surface area contributed by atoms with Gasteiger partial charge in [-0.3, -0.25) is 0 Å². The van der Waals surface area contributed by atoms with Crippen molar-refractivity contribution in [2.45, 2.75) is 39.3 Å². The zero-order valence-electron chi connectivity index (χ0n) is 10.4. The fraction of sp³-hybridized carbons (Fsp3) is 0.538. The van der Waals surface area contributed by atoms with Crippen LogP contribution in [0.4, 0.5) is 8.78 Å². The summed E-state index contributed by atoms with van der Waals surface area (Å²) in [5, 5.41) is 2.77. The standard InChI is InChI=1S/C13H19F2NO/c1-4-16-12(13(14)15)10-5-7-11(8-6-10)17-9(2)3/h5-9,12-13,16H,4H2,1-3H3. The van der Waals surface area contributed by atoms with Crippen molar-refractivity contribution in [1.82, 2.24) is 5.32 Å². The summed E-state index contributed by atoms with van der Waals surface area (Å²) in [5.74, 6) is 0.702. The van der Waals surface area contributed by atoms with Crippen LogP contribution in [0, 0.1) is 0 Å². The van der Waals surface area contributed by atoms with Crippen molar-refractivity contribution in [1.29, 1.82) is 0 Å². The first-order valence-electron chi connectivity index (χ1n) is 5.82. The molecule has 0 bridgehead atoms. The molecule has 1 rings (SSSR count). The second-order valence-electron chi connectivity index (χ2n) is 4.11. The van der Waals surface area contributed by atoms with E-state index < -0.39 is 12.5 Å². The second kappa shape index (κ2) is 6.55. The van der Waals surface area contributed by atoms with E-state index in [4.69, 9.17) is 4.74 Å². The summed E-state index contributed by atoms with van der Waals surface area (Å²) in [6.45, 7) is 6.17. The van der Waals surface area contributed by atoms with Gasteiger partial charge in [0.05, 0.1) is 12.1 Å². The van der Waals surface area contributed by atoms with Gasteiger partial charge in [-0.25, -0.2) is 8.78 Å². The van der Waals surface area contributed by atoms with Gasteiger partial charge in [0.2, 0.25) is 0 Å². The lowest BCUT2D eigenvalue weighted by Gasteiger charge is -2.18. The minimum Gasteiger partial charge on any atom is -0.491 e. The molecule has 4 heteroatoms. The van der Waals surface area contributed by atoms with Crippen molar-refractivity contribution >= 4 is 0 Å². The van der Waals surface area contributed by atoms with Gasteiger partial charge in [-0.2, -0.15) is 0 Å². The summed E-state index contributed by atoms with van der Waals surface area (Å²) in [6, 6.07) is 5.89. The molecule has 0 aromatic heterocycles. The third kappa shape index (κ3) is 4.30. The molecule has 0 saturated carbocycles. The van der Waals surface area contributed by atoms with Crippen molar-refractivity contribution in [2.24, 2.45) is 0 Å². The zero-order chi connectivity index (χ0) is 12.8. The van der Waals surface area contributed by atoms with Crippen molar-refractivity contribution in [3.05, 3.63) is 29.8 Å². The van der Waals surface area contributed by atoms with Crippen LogP contribution in [-0.4, -0.2) is 19.1 Å². The van der Waals surface area contributed by atoms with Gasteiger partial charge in [-0.05, 0) is 38.1 Å². The maximum absolute atomic E-state index is 12.8. The first kappa shape index (κ1) is 13.9. The van der Waals surface area contributed by atoms with E-state index in [2.05, 4.69) is 5.32 Å². The van der Waals surface area contributed by atoms with E-state index in [0.29, 0.717) is 17.9 Å². The Labute approximate surface area is 101 Å². The van der Waals surface area contributed by atoms with Crippen LogP contribution in [-0.2, 0) is 0 Å². The molecular formula is C13H19F2NO. The molecule has 1 aromatic rings. The van der Waals surface area contributed by atoms with Gasteiger partial charge in [-0.15, -0.1) is 0 Å². The van der Waals surface area contributed by atoms with E-state index >= 15 is 0 Å². The fourth-order valence-corrected chi connectivity index (χ4v) is 1.60. The Morgan fingerprint density at radius 3 is 2.18 bits per heavy atom. The molecule has 0 fully saturated rings. The number of halogens is 2. The molecule has 1 atom stereocenters. The Morgan fingerprint density at radius 1 is 1.18 bits per heavy atom. The Kier molecular flexibility index (Phi) is 5.35. The minimum atomic E-state index is -2.41. The van der Waals surface area contributed by atoms with E-state index in [1.165, 1.54) is 0 Å². The second-order valence-corrected chi connectivity index (χ2v) is 4.11. The molecular weight excluding hydrogens is 224 g/mol. The van der Waals surface area contributed by atoms with E-state index in [0.717, 1.165) is 0 Å². The highest BCUT2D eigenvalue weighted by atomic mass is 19.3. The molecule has 0 radical (unpaired) electrons. The van der Waals surface area contributed by atoms with Crippen molar-refractivity contribution < 1.29 is 13.5 Å². The van der Waals surface area contributed by atoms with Gasteiger partial charge < -0.3 is 10.1 Å². The van der Waals surface area contributed by atoms with Gasteiger partial charge in [0.15, 0.2) is 0 Å². The average molecular weight is 243 g/mol. The SMILES string of the molecule is CCNC(c1ccc(OC(C)C)cc1)C(F)F. The Hall–Kier alpha value is -1.16. The molecule has 0 amide bonds. The number of rotatable bonds is 6. The molecule has 0 heterocycles. The Bertz CT molecular complexity index is 325. The Morgan fingerprint density at radius 2 is 1.76 bits per heavy atom. The fourth-order valence-electron chi connectivity index (χ4n) is 1.60. The van der Waals surface area contributed by atoms with Crippen LogP contribution < -0.4 is 10.1 Å². The molecule has 0 saturated heterocycles. The lowest BCUT2D eigenvalue weighted by molar-refractivity contribution is 0.0992. The molecule has 1 aromatic carbocycles. The van der Waals surface area contributed by atoms with E-state index in [1.54, 1.807) is 24.3 Å². The third-order valence-corrected chi connectivity index (χ3v) is 2.29. The van der Waals surface area contributed by atoms with Crippen molar-refractivity contribution in [2.75, 3.05) is 6.54 Å². The van der Waals surface area contributed by atoms with Crippen LogP contribution >= 0.6 is 0 Å². The monoisotopic (exact) mass is 243 g/mol. The molecule has 1 unspecified atom stereocenters. The van der Waals surface area contributed by atoms with Gasteiger partial charge in [-0.1, -0.05) is 19.1 Å². The number of alkyl halides is 2.